The van der Waals surface area contributed by atoms with Gasteiger partial charge in [0.05, 0.1) is 12.6 Å². The molecule has 0 saturated carbocycles. The van der Waals surface area contributed by atoms with Crippen LogP contribution in [0.4, 0.5) is 8.78 Å². The maximum atomic E-state index is 14.8. The summed E-state index contributed by atoms with van der Waals surface area (Å²) in [4.78, 5) is 16.9. The zero-order valence-corrected chi connectivity index (χ0v) is 17.3. The van der Waals surface area contributed by atoms with E-state index in [1.165, 1.54) is 18.4 Å². The lowest BCUT2D eigenvalue weighted by atomic mass is 9.95. The van der Waals surface area contributed by atoms with Crippen LogP contribution in [-0.4, -0.2) is 31.1 Å². The Morgan fingerprint density at radius 2 is 1.79 bits per heavy atom. The molecule has 7 heteroatoms. The number of aromatic amines is 1. The minimum atomic E-state index is -1.12. The number of hydrogen-bond donors (Lipinski definition) is 1. The maximum Gasteiger partial charge on any atom is 0.266 e. The number of ether oxygens (including phenoxy) is 1. The van der Waals surface area contributed by atoms with Crippen LogP contribution in [0.5, 0.6) is 5.75 Å². The van der Waals surface area contributed by atoms with Crippen molar-refractivity contribution >= 4 is 32.3 Å². The number of pyridine rings is 1. The van der Waals surface area contributed by atoms with Gasteiger partial charge in [0.1, 0.15) is 4.70 Å². The first kappa shape index (κ1) is 19.5. The van der Waals surface area contributed by atoms with E-state index in [0.29, 0.717) is 26.6 Å². The largest absolute Gasteiger partial charge is 0.493 e. The van der Waals surface area contributed by atoms with Gasteiger partial charge in [0.25, 0.3) is 5.56 Å². The van der Waals surface area contributed by atoms with Crippen LogP contribution >= 0.6 is 11.3 Å². The molecule has 0 radical (unpaired) electrons. The van der Waals surface area contributed by atoms with Gasteiger partial charge in [-0.25, -0.2) is 4.39 Å². The summed E-state index contributed by atoms with van der Waals surface area (Å²) in [5.74, 6) is -2.42. The predicted molar refractivity (Wildman–Crippen MR) is 114 cm³/mol. The van der Waals surface area contributed by atoms with Gasteiger partial charge in [-0.1, -0.05) is 24.3 Å². The summed E-state index contributed by atoms with van der Waals surface area (Å²) in [5.41, 5.74) is 1.61. The molecule has 0 amide bonds. The molecule has 4 aromatic rings. The number of methoxy groups -OCH3 is 1. The third kappa shape index (κ3) is 3.01. The molecule has 0 aliphatic rings. The number of hydrogen-bond acceptors (Lipinski definition) is 4. The smallest absolute Gasteiger partial charge is 0.266 e. The monoisotopic (exact) mass is 414 g/mol. The molecule has 29 heavy (non-hydrogen) atoms. The standard InChI is InChI=1S/C22H20F2N2O2S/c1-11(26(2)3)12-5-7-13(8-6-12)15-16-14-9-10-29-21(14)22(27)25-19(16)17(23)18(24)20(15)28-4/h5-11H,1-4H3,(H,25,27). The maximum absolute atomic E-state index is 14.8. The topological polar surface area (TPSA) is 45.3 Å². The Morgan fingerprint density at radius 3 is 2.41 bits per heavy atom. The van der Waals surface area contributed by atoms with Gasteiger partial charge in [-0.2, -0.15) is 4.39 Å². The lowest BCUT2D eigenvalue weighted by Gasteiger charge is -2.21. The van der Waals surface area contributed by atoms with Crippen molar-refractivity contribution < 1.29 is 13.5 Å². The number of fused-ring (bicyclic) bond motifs is 3. The number of halogens is 2. The summed E-state index contributed by atoms with van der Waals surface area (Å²) in [7, 11) is 5.30. The van der Waals surface area contributed by atoms with Crippen LogP contribution in [-0.2, 0) is 0 Å². The average Bonchev–Trinajstić information content (AvgIpc) is 3.21. The molecular formula is C22H20F2N2O2S. The lowest BCUT2D eigenvalue weighted by molar-refractivity contribution is 0.321. The molecule has 0 aliphatic carbocycles. The van der Waals surface area contributed by atoms with Gasteiger partial charge in [-0.15, -0.1) is 11.3 Å². The Hall–Kier alpha value is -2.77. The molecular weight excluding hydrogens is 394 g/mol. The van der Waals surface area contributed by atoms with Crippen molar-refractivity contribution in [1.82, 2.24) is 9.88 Å². The minimum absolute atomic E-state index is 0.153. The molecule has 2 aromatic heterocycles. The van der Waals surface area contributed by atoms with E-state index < -0.39 is 17.2 Å². The second-order valence-corrected chi connectivity index (χ2v) is 8.08. The summed E-state index contributed by atoms with van der Waals surface area (Å²) in [5, 5.41) is 2.77. The highest BCUT2D eigenvalue weighted by Crippen LogP contribution is 2.43. The van der Waals surface area contributed by atoms with Gasteiger partial charge >= 0.3 is 0 Å². The minimum Gasteiger partial charge on any atom is -0.493 e. The van der Waals surface area contributed by atoms with Crippen molar-refractivity contribution in [2.45, 2.75) is 13.0 Å². The van der Waals surface area contributed by atoms with E-state index in [9.17, 15) is 13.6 Å². The Bertz CT molecular complexity index is 1280. The van der Waals surface area contributed by atoms with E-state index in [4.69, 9.17) is 4.74 Å². The van der Waals surface area contributed by atoms with Gasteiger partial charge in [0, 0.05) is 22.4 Å². The summed E-state index contributed by atoms with van der Waals surface area (Å²) < 4.78 is 35.4. The molecule has 0 spiro atoms. The van der Waals surface area contributed by atoms with Crippen LogP contribution in [0, 0.1) is 11.6 Å². The van der Waals surface area contributed by atoms with E-state index in [-0.39, 0.29) is 17.3 Å². The van der Waals surface area contributed by atoms with Crippen molar-refractivity contribution in [3.8, 4) is 16.9 Å². The van der Waals surface area contributed by atoms with E-state index in [1.54, 1.807) is 11.4 Å². The van der Waals surface area contributed by atoms with Gasteiger partial charge in [-0.3, -0.25) is 4.79 Å². The van der Waals surface area contributed by atoms with Crippen LogP contribution in [0.2, 0.25) is 0 Å². The second-order valence-electron chi connectivity index (χ2n) is 7.17. The highest BCUT2D eigenvalue weighted by Gasteiger charge is 2.25. The van der Waals surface area contributed by atoms with Gasteiger partial charge in [0.15, 0.2) is 11.6 Å². The van der Waals surface area contributed by atoms with E-state index in [2.05, 4.69) is 16.8 Å². The Labute approximate surface area is 170 Å². The highest BCUT2D eigenvalue weighted by molar-refractivity contribution is 7.17. The lowest BCUT2D eigenvalue weighted by Crippen LogP contribution is -2.16. The molecule has 0 bridgehead atoms. The van der Waals surface area contributed by atoms with Gasteiger partial charge in [-0.05, 0) is 43.6 Å². The average molecular weight is 414 g/mol. The zero-order valence-electron chi connectivity index (χ0n) is 16.5. The van der Waals surface area contributed by atoms with Gasteiger partial charge < -0.3 is 14.6 Å². The number of benzene rings is 2. The Morgan fingerprint density at radius 1 is 1.10 bits per heavy atom. The number of H-pyrrole nitrogens is 1. The molecule has 0 fully saturated rings. The summed E-state index contributed by atoms with van der Waals surface area (Å²) >= 11 is 1.26. The van der Waals surface area contributed by atoms with E-state index in [0.717, 1.165) is 5.56 Å². The van der Waals surface area contributed by atoms with Crippen molar-refractivity contribution in [2.24, 2.45) is 0 Å². The quantitative estimate of drug-likeness (QED) is 0.492. The fourth-order valence-corrected chi connectivity index (χ4v) is 4.40. The molecule has 150 valence electrons. The molecule has 1 N–H and O–H groups in total. The number of aromatic nitrogens is 1. The van der Waals surface area contributed by atoms with Crippen molar-refractivity contribution in [3.05, 3.63) is 63.3 Å². The normalized spacial score (nSPS) is 12.8. The zero-order chi connectivity index (χ0) is 20.9. The molecule has 4 rings (SSSR count). The van der Waals surface area contributed by atoms with Crippen molar-refractivity contribution in [2.75, 3.05) is 21.2 Å². The number of thiophene rings is 1. The fraction of sp³-hybridized carbons (Fsp3) is 0.227. The third-order valence-corrected chi connectivity index (χ3v) is 6.29. The summed E-state index contributed by atoms with van der Waals surface area (Å²) in [6, 6.07) is 9.61. The van der Waals surface area contributed by atoms with Crippen molar-refractivity contribution in [3.63, 3.8) is 0 Å². The summed E-state index contributed by atoms with van der Waals surface area (Å²) in [6.45, 7) is 2.09. The van der Waals surface area contributed by atoms with Crippen LogP contribution in [0.3, 0.4) is 0 Å². The van der Waals surface area contributed by atoms with Gasteiger partial charge in [0.2, 0.25) is 5.82 Å². The fourth-order valence-electron chi connectivity index (χ4n) is 3.60. The first-order valence-corrected chi connectivity index (χ1v) is 9.98. The first-order valence-electron chi connectivity index (χ1n) is 9.10. The van der Waals surface area contributed by atoms with Crippen LogP contribution in [0.25, 0.3) is 32.1 Å². The molecule has 1 atom stereocenters. The molecule has 1 unspecified atom stereocenters. The Kier molecular flexibility index (Phi) is 4.88. The van der Waals surface area contributed by atoms with E-state index in [1.807, 2.05) is 38.4 Å². The van der Waals surface area contributed by atoms with Crippen LogP contribution in [0.15, 0.2) is 40.5 Å². The number of nitrogens with zero attached hydrogens (tertiary/aromatic N) is 1. The number of nitrogens with one attached hydrogen (secondary N) is 1. The SMILES string of the molecule is COc1c(F)c(F)c2[nH]c(=O)c3sccc3c2c1-c1ccc(C(C)N(C)C)cc1. The molecule has 4 nitrogen and oxygen atoms in total. The summed E-state index contributed by atoms with van der Waals surface area (Å²) in [6.07, 6.45) is 0. The molecule has 2 heterocycles. The highest BCUT2D eigenvalue weighted by atomic mass is 32.1. The van der Waals surface area contributed by atoms with Crippen LogP contribution in [0.1, 0.15) is 18.5 Å². The molecule has 0 saturated heterocycles. The first-order chi connectivity index (χ1) is 13.8. The number of rotatable bonds is 4. The van der Waals surface area contributed by atoms with Crippen molar-refractivity contribution in [1.29, 1.82) is 0 Å². The van der Waals surface area contributed by atoms with Crippen LogP contribution < -0.4 is 10.3 Å². The second kappa shape index (κ2) is 7.24. The predicted octanol–water partition coefficient (Wildman–Crippen LogP) is 5.32. The van der Waals surface area contributed by atoms with E-state index >= 15 is 0 Å². The molecule has 2 aromatic carbocycles. The Balaban J connectivity index is 2.09. The molecule has 0 aliphatic heterocycles. The third-order valence-electron chi connectivity index (χ3n) is 5.38.